The summed E-state index contributed by atoms with van der Waals surface area (Å²) >= 11 is 2.58. The second kappa shape index (κ2) is 8.77. The molecule has 0 aliphatic carbocycles. The Balaban J connectivity index is 1.38. The highest BCUT2D eigenvalue weighted by atomic mass is 32.2. The van der Waals surface area contributed by atoms with Gasteiger partial charge in [-0.15, -0.1) is 23.1 Å². The van der Waals surface area contributed by atoms with Gasteiger partial charge in [0.2, 0.25) is 5.91 Å². The smallest absolute Gasteiger partial charge is 0.316 e. The molecule has 5 nitrogen and oxygen atoms in total. The summed E-state index contributed by atoms with van der Waals surface area (Å²) < 4.78 is 19.7. The maximum atomic E-state index is 13.4. The second-order valence-electron chi connectivity index (χ2n) is 5.26. The lowest BCUT2D eigenvalue weighted by atomic mass is 10.3. The first kappa shape index (κ1) is 18.3. The van der Waals surface area contributed by atoms with Crippen LogP contribution in [0.25, 0.3) is 10.2 Å². The number of benzene rings is 2. The lowest BCUT2D eigenvalue weighted by molar-refractivity contribution is -0.141. The number of thiazole rings is 1. The Labute approximate surface area is 157 Å². The van der Waals surface area contributed by atoms with E-state index >= 15 is 0 Å². The molecule has 1 N–H and O–H groups in total. The Morgan fingerprint density at radius 1 is 1.12 bits per heavy atom. The summed E-state index contributed by atoms with van der Waals surface area (Å²) in [7, 11) is 0. The van der Waals surface area contributed by atoms with E-state index in [4.69, 9.17) is 4.74 Å². The maximum absolute atomic E-state index is 13.4. The fourth-order valence-electron chi connectivity index (χ4n) is 2.14. The van der Waals surface area contributed by atoms with Gasteiger partial charge in [-0.25, -0.2) is 9.37 Å². The number of carbonyl (C=O) groups excluding carboxylic acids is 2. The molecule has 0 spiro atoms. The van der Waals surface area contributed by atoms with Crippen molar-refractivity contribution in [2.75, 3.05) is 16.8 Å². The van der Waals surface area contributed by atoms with Crippen molar-refractivity contribution in [2.45, 2.75) is 6.61 Å². The molecule has 0 radical (unpaired) electrons. The van der Waals surface area contributed by atoms with Crippen LogP contribution in [0, 0.1) is 5.82 Å². The van der Waals surface area contributed by atoms with Crippen molar-refractivity contribution in [1.82, 2.24) is 4.98 Å². The predicted octanol–water partition coefficient (Wildman–Crippen LogP) is 3.85. The zero-order chi connectivity index (χ0) is 18.4. The van der Waals surface area contributed by atoms with Gasteiger partial charge < -0.3 is 10.1 Å². The number of fused-ring (bicyclic) bond motifs is 1. The maximum Gasteiger partial charge on any atom is 0.316 e. The molecular formula is C18H15FN2O3S2. The van der Waals surface area contributed by atoms with Crippen LogP contribution in [0.4, 0.5) is 10.1 Å². The molecule has 1 heterocycles. The van der Waals surface area contributed by atoms with Crippen LogP contribution in [0.1, 0.15) is 5.01 Å². The van der Waals surface area contributed by atoms with Gasteiger partial charge in [-0.2, -0.15) is 0 Å². The van der Waals surface area contributed by atoms with Crippen LogP contribution in [-0.4, -0.2) is 28.4 Å². The standard InChI is InChI=1S/C18H15FN2O3S2/c19-12-5-1-2-6-13(12)20-16(22)10-25-11-18(23)24-9-17-21-14-7-3-4-8-15(14)26-17/h1-8H,9-11H2,(H,20,22). The Morgan fingerprint density at radius 2 is 1.88 bits per heavy atom. The number of thioether (sulfide) groups is 1. The van der Waals surface area contributed by atoms with E-state index in [9.17, 15) is 14.0 Å². The Hall–Kier alpha value is -2.45. The quantitative estimate of drug-likeness (QED) is 0.621. The van der Waals surface area contributed by atoms with E-state index in [0.29, 0.717) is 0 Å². The van der Waals surface area contributed by atoms with Gasteiger partial charge in [-0.05, 0) is 24.3 Å². The summed E-state index contributed by atoms with van der Waals surface area (Å²) in [5.41, 5.74) is 0.999. The summed E-state index contributed by atoms with van der Waals surface area (Å²) in [5.74, 6) is -1.23. The van der Waals surface area contributed by atoms with Crippen LogP contribution in [-0.2, 0) is 20.9 Å². The average Bonchev–Trinajstić information content (AvgIpc) is 3.05. The summed E-state index contributed by atoms with van der Waals surface area (Å²) in [6.07, 6.45) is 0. The van der Waals surface area contributed by atoms with Crippen LogP contribution in [0.5, 0.6) is 0 Å². The highest BCUT2D eigenvalue weighted by molar-refractivity contribution is 8.00. The molecule has 2 aromatic carbocycles. The molecule has 3 rings (SSSR count). The number of halogens is 1. The summed E-state index contributed by atoms with van der Waals surface area (Å²) in [5, 5.41) is 3.19. The monoisotopic (exact) mass is 390 g/mol. The fraction of sp³-hybridized carbons (Fsp3) is 0.167. The van der Waals surface area contributed by atoms with E-state index in [1.165, 1.54) is 23.5 Å². The van der Waals surface area contributed by atoms with Gasteiger partial charge in [0.15, 0.2) is 0 Å². The molecular weight excluding hydrogens is 375 g/mol. The van der Waals surface area contributed by atoms with Crippen molar-refractivity contribution < 1.29 is 18.7 Å². The van der Waals surface area contributed by atoms with E-state index in [0.717, 1.165) is 27.0 Å². The summed E-state index contributed by atoms with van der Waals surface area (Å²) in [4.78, 5) is 27.9. The third kappa shape index (κ3) is 5.03. The van der Waals surface area contributed by atoms with Crippen molar-refractivity contribution in [3.8, 4) is 0 Å². The van der Waals surface area contributed by atoms with Gasteiger partial charge in [0, 0.05) is 0 Å². The zero-order valence-corrected chi connectivity index (χ0v) is 15.2. The molecule has 1 amide bonds. The number of nitrogens with zero attached hydrogens (tertiary/aromatic N) is 1. The predicted molar refractivity (Wildman–Crippen MR) is 102 cm³/mol. The van der Waals surface area contributed by atoms with Crippen molar-refractivity contribution in [3.63, 3.8) is 0 Å². The van der Waals surface area contributed by atoms with E-state index in [1.807, 2.05) is 24.3 Å². The van der Waals surface area contributed by atoms with E-state index < -0.39 is 11.8 Å². The first-order valence-corrected chi connectivity index (χ1v) is 9.71. The number of anilines is 1. The molecule has 0 aliphatic heterocycles. The lowest BCUT2D eigenvalue weighted by Crippen LogP contribution is -2.17. The van der Waals surface area contributed by atoms with Crippen molar-refractivity contribution in [3.05, 3.63) is 59.4 Å². The molecule has 0 bridgehead atoms. The van der Waals surface area contributed by atoms with Gasteiger partial charge in [0.05, 0.1) is 27.4 Å². The summed E-state index contributed by atoms with van der Waals surface area (Å²) in [6.45, 7) is 0.111. The van der Waals surface area contributed by atoms with Crippen LogP contribution in [0.2, 0.25) is 0 Å². The van der Waals surface area contributed by atoms with Crippen LogP contribution >= 0.6 is 23.1 Å². The highest BCUT2D eigenvalue weighted by Gasteiger charge is 2.10. The Bertz CT molecular complexity index is 896. The first-order valence-electron chi connectivity index (χ1n) is 7.74. The van der Waals surface area contributed by atoms with Crippen LogP contribution < -0.4 is 5.32 Å². The van der Waals surface area contributed by atoms with Gasteiger partial charge >= 0.3 is 5.97 Å². The fourth-order valence-corrected chi connectivity index (χ4v) is 3.63. The third-order valence-corrected chi connectivity index (χ3v) is 5.21. The van der Waals surface area contributed by atoms with Crippen molar-refractivity contribution in [2.24, 2.45) is 0 Å². The number of ether oxygens (including phenoxy) is 1. The summed E-state index contributed by atoms with van der Waals surface area (Å²) in [6, 6.07) is 13.6. The molecule has 1 aromatic heterocycles. The minimum atomic E-state index is -0.499. The van der Waals surface area contributed by atoms with E-state index in [1.54, 1.807) is 12.1 Å². The topological polar surface area (TPSA) is 68.3 Å². The largest absolute Gasteiger partial charge is 0.458 e. The molecule has 0 aliphatic rings. The van der Waals surface area contributed by atoms with Gasteiger partial charge in [-0.1, -0.05) is 24.3 Å². The van der Waals surface area contributed by atoms with Crippen LogP contribution in [0.15, 0.2) is 48.5 Å². The number of rotatable bonds is 7. The van der Waals surface area contributed by atoms with Crippen molar-refractivity contribution in [1.29, 1.82) is 0 Å². The molecule has 3 aromatic rings. The molecule has 0 unspecified atom stereocenters. The Kier molecular flexibility index (Phi) is 6.19. The molecule has 134 valence electrons. The number of nitrogens with one attached hydrogen (secondary N) is 1. The van der Waals surface area contributed by atoms with Crippen LogP contribution in [0.3, 0.4) is 0 Å². The van der Waals surface area contributed by atoms with E-state index in [2.05, 4.69) is 10.3 Å². The van der Waals surface area contributed by atoms with Gasteiger partial charge in [0.1, 0.15) is 17.4 Å². The molecule has 0 saturated carbocycles. The SMILES string of the molecule is O=C(CSCC(=O)OCc1nc2ccccc2s1)Nc1ccccc1F. The molecule has 0 fully saturated rings. The van der Waals surface area contributed by atoms with E-state index in [-0.39, 0.29) is 29.7 Å². The molecule has 0 atom stereocenters. The van der Waals surface area contributed by atoms with Gasteiger partial charge in [-0.3, -0.25) is 9.59 Å². The van der Waals surface area contributed by atoms with Gasteiger partial charge in [0.25, 0.3) is 0 Å². The first-order chi connectivity index (χ1) is 12.6. The average molecular weight is 390 g/mol. The lowest BCUT2D eigenvalue weighted by Gasteiger charge is -2.06. The normalized spacial score (nSPS) is 10.7. The molecule has 0 saturated heterocycles. The number of hydrogen-bond acceptors (Lipinski definition) is 6. The number of aromatic nitrogens is 1. The molecule has 26 heavy (non-hydrogen) atoms. The minimum Gasteiger partial charge on any atom is -0.458 e. The number of hydrogen-bond donors (Lipinski definition) is 1. The van der Waals surface area contributed by atoms with Crippen molar-refractivity contribution >= 4 is 50.9 Å². The zero-order valence-electron chi connectivity index (χ0n) is 13.6. The number of carbonyl (C=O) groups is 2. The highest BCUT2D eigenvalue weighted by Crippen LogP contribution is 2.22. The third-order valence-electron chi connectivity index (χ3n) is 3.30. The second-order valence-corrected chi connectivity index (χ2v) is 7.36. The number of amides is 1. The minimum absolute atomic E-state index is 0.0323. The number of para-hydroxylation sites is 2. The Morgan fingerprint density at radius 3 is 2.69 bits per heavy atom. The number of esters is 1. The molecule has 8 heteroatoms.